The lowest BCUT2D eigenvalue weighted by molar-refractivity contribution is 0.0935. The van der Waals surface area contributed by atoms with Gasteiger partial charge in [-0.1, -0.05) is 6.07 Å². The Morgan fingerprint density at radius 1 is 1.15 bits per heavy atom. The molecule has 0 bridgehead atoms. The molecule has 1 aromatic heterocycles. The van der Waals surface area contributed by atoms with Crippen LogP contribution in [0.2, 0.25) is 0 Å². The monoisotopic (exact) mass is 390 g/mol. The van der Waals surface area contributed by atoms with Gasteiger partial charge in [0.1, 0.15) is 5.82 Å². The van der Waals surface area contributed by atoms with Crippen LogP contribution in [0.3, 0.4) is 0 Å². The van der Waals surface area contributed by atoms with Crippen molar-refractivity contribution in [3.63, 3.8) is 0 Å². The van der Waals surface area contributed by atoms with E-state index >= 15 is 0 Å². The third kappa shape index (κ3) is 4.11. The van der Waals surface area contributed by atoms with Crippen molar-refractivity contribution in [3.05, 3.63) is 41.6 Å². The Morgan fingerprint density at radius 3 is 2.74 bits per heavy atom. The lowest BCUT2D eigenvalue weighted by atomic mass is 10.2. The van der Waals surface area contributed by atoms with E-state index in [0.717, 1.165) is 11.3 Å². The van der Waals surface area contributed by atoms with Gasteiger partial charge in [0.2, 0.25) is 6.79 Å². The summed E-state index contributed by atoms with van der Waals surface area (Å²) in [5, 5.41) is 13.7. The van der Waals surface area contributed by atoms with E-state index < -0.39 is 15.7 Å². The molecule has 1 saturated heterocycles. The molecular weight excluding hydrogens is 372 g/mol. The van der Waals surface area contributed by atoms with Gasteiger partial charge in [0, 0.05) is 12.6 Å². The number of nitrogens with zero attached hydrogens (tertiary/aromatic N) is 2. The fourth-order valence-electron chi connectivity index (χ4n) is 2.96. The number of anilines is 1. The van der Waals surface area contributed by atoms with Crippen LogP contribution in [-0.4, -0.2) is 48.9 Å². The van der Waals surface area contributed by atoms with Crippen molar-refractivity contribution in [1.29, 1.82) is 0 Å². The highest BCUT2D eigenvalue weighted by atomic mass is 32.2. The van der Waals surface area contributed by atoms with E-state index in [1.54, 1.807) is 12.1 Å². The van der Waals surface area contributed by atoms with Crippen LogP contribution in [0.5, 0.6) is 11.5 Å². The summed E-state index contributed by atoms with van der Waals surface area (Å²) in [7, 11) is -3.05. The third-order valence-electron chi connectivity index (χ3n) is 4.38. The summed E-state index contributed by atoms with van der Waals surface area (Å²) in [5.74, 6) is 1.61. The highest BCUT2D eigenvalue weighted by molar-refractivity contribution is 7.91. The largest absolute Gasteiger partial charge is 0.454 e. The third-order valence-corrected chi connectivity index (χ3v) is 6.14. The number of hydrogen-bond acceptors (Lipinski definition) is 8. The van der Waals surface area contributed by atoms with Crippen molar-refractivity contribution in [2.75, 3.05) is 23.6 Å². The number of fused-ring (bicyclic) bond motifs is 1. The van der Waals surface area contributed by atoms with E-state index in [4.69, 9.17) is 9.47 Å². The predicted molar refractivity (Wildman–Crippen MR) is 96.4 cm³/mol. The van der Waals surface area contributed by atoms with E-state index in [1.165, 1.54) is 0 Å². The number of carbonyl (C=O) groups excluding carboxylic acids is 1. The number of rotatable bonds is 5. The number of sulfone groups is 1. The molecule has 2 aliphatic heterocycles. The summed E-state index contributed by atoms with van der Waals surface area (Å²) in [6.07, 6.45) is 0.427. The van der Waals surface area contributed by atoms with E-state index in [0.29, 0.717) is 24.5 Å². The fourth-order valence-corrected chi connectivity index (χ4v) is 4.63. The lowest BCUT2D eigenvalue weighted by Crippen LogP contribution is -2.36. The molecule has 142 valence electrons. The van der Waals surface area contributed by atoms with Crippen LogP contribution in [0.25, 0.3) is 0 Å². The van der Waals surface area contributed by atoms with Crippen LogP contribution in [0.1, 0.15) is 22.5 Å². The number of ether oxygens (including phenoxy) is 2. The first-order valence-electron chi connectivity index (χ1n) is 8.46. The van der Waals surface area contributed by atoms with Gasteiger partial charge in [-0.15, -0.1) is 10.2 Å². The van der Waals surface area contributed by atoms with E-state index in [9.17, 15) is 13.2 Å². The maximum atomic E-state index is 12.2. The molecule has 4 rings (SSSR count). The second kappa shape index (κ2) is 7.03. The molecule has 1 unspecified atom stereocenters. The highest BCUT2D eigenvalue weighted by Gasteiger charge is 2.29. The molecule has 1 fully saturated rings. The van der Waals surface area contributed by atoms with E-state index in [-0.39, 0.29) is 30.0 Å². The molecule has 2 aromatic rings. The van der Waals surface area contributed by atoms with Gasteiger partial charge in [0.25, 0.3) is 5.91 Å². The summed E-state index contributed by atoms with van der Waals surface area (Å²) in [4.78, 5) is 12.2. The molecule has 1 amide bonds. The van der Waals surface area contributed by atoms with Crippen LogP contribution in [0.15, 0.2) is 30.3 Å². The summed E-state index contributed by atoms with van der Waals surface area (Å²) < 4.78 is 33.5. The van der Waals surface area contributed by atoms with Crippen molar-refractivity contribution in [2.45, 2.75) is 19.0 Å². The number of benzene rings is 1. The van der Waals surface area contributed by atoms with Gasteiger partial charge in [-0.3, -0.25) is 4.79 Å². The molecule has 2 aliphatic rings. The van der Waals surface area contributed by atoms with E-state index in [2.05, 4.69) is 20.8 Å². The zero-order valence-corrected chi connectivity index (χ0v) is 15.2. The minimum atomic E-state index is -3.05. The first-order valence-corrected chi connectivity index (χ1v) is 10.3. The molecule has 9 nitrogen and oxygen atoms in total. The molecule has 1 aromatic carbocycles. The minimum Gasteiger partial charge on any atom is -0.454 e. The van der Waals surface area contributed by atoms with Gasteiger partial charge >= 0.3 is 0 Å². The van der Waals surface area contributed by atoms with Crippen LogP contribution >= 0.6 is 0 Å². The van der Waals surface area contributed by atoms with Crippen molar-refractivity contribution < 1.29 is 22.7 Å². The predicted octanol–water partition coefficient (Wildman–Crippen LogP) is 0.734. The zero-order chi connectivity index (χ0) is 18.9. The zero-order valence-electron chi connectivity index (χ0n) is 14.3. The average molecular weight is 390 g/mol. The smallest absolute Gasteiger partial charge is 0.272 e. The highest BCUT2D eigenvalue weighted by Crippen LogP contribution is 2.32. The van der Waals surface area contributed by atoms with Crippen LogP contribution in [-0.2, 0) is 16.4 Å². The number of nitrogens with one attached hydrogen (secondary N) is 2. The van der Waals surface area contributed by atoms with Crippen molar-refractivity contribution >= 4 is 21.6 Å². The molecular formula is C17H18N4O5S. The molecule has 0 radical (unpaired) electrons. The minimum absolute atomic E-state index is 0.0264. The standard InChI is InChI=1S/C17H18N4O5S/c22-17(19-12-5-6-27(23,24)9-12)13-2-4-16(21-20-13)18-8-11-1-3-14-15(7-11)26-10-25-14/h1-4,7,12H,5-6,8-10H2,(H,18,21)(H,19,22). The Morgan fingerprint density at radius 2 is 2.00 bits per heavy atom. The maximum Gasteiger partial charge on any atom is 0.272 e. The number of amides is 1. The first-order chi connectivity index (χ1) is 13.0. The molecule has 1 atom stereocenters. The Labute approximate surface area is 156 Å². The van der Waals surface area contributed by atoms with Gasteiger partial charge in [-0.05, 0) is 36.2 Å². The molecule has 27 heavy (non-hydrogen) atoms. The summed E-state index contributed by atoms with van der Waals surface area (Å²) in [6.45, 7) is 0.741. The first kappa shape index (κ1) is 17.5. The average Bonchev–Trinajstić information content (AvgIpc) is 3.25. The molecule has 10 heteroatoms. The van der Waals surface area contributed by atoms with Crippen molar-refractivity contribution in [1.82, 2.24) is 15.5 Å². The van der Waals surface area contributed by atoms with Gasteiger partial charge in [0.15, 0.2) is 27.0 Å². The number of hydrogen-bond donors (Lipinski definition) is 2. The van der Waals surface area contributed by atoms with Crippen LogP contribution in [0.4, 0.5) is 5.82 Å². The van der Waals surface area contributed by atoms with Crippen molar-refractivity contribution in [3.8, 4) is 11.5 Å². The fraction of sp³-hybridized carbons (Fsp3) is 0.353. The second-order valence-electron chi connectivity index (χ2n) is 6.42. The summed E-state index contributed by atoms with van der Waals surface area (Å²) in [6, 6.07) is 8.49. The Balaban J connectivity index is 1.33. The topological polar surface area (TPSA) is 120 Å². The normalized spacial score (nSPS) is 19.6. The van der Waals surface area contributed by atoms with Crippen molar-refractivity contribution in [2.24, 2.45) is 0 Å². The van der Waals surface area contributed by atoms with Gasteiger partial charge < -0.3 is 20.1 Å². The molecule has 0 spiro atoms. The summed E-state index contributed by atoms with van der Waals surface area (Å²) >= 11 is 0. The van der Waals surface area contributed by atoms with Gasteiger partial charge in [-0.25, -0.2) is 8.42 Å². The SMILES string of the molecule is O=C(NC1CCS(=O)(=O)C1)c1ccc(NCc2ccc3c(c2)OCO3)nn1. The second-order valence-corrected chi connectivity index (χ2v) is 8.65. The van der Waals surface area contributed by atoms with Crippen LogP contribution < -0.4 is 20.1 Å². The molecule has 2 N–H and O–H groups in total. The van der Waals surface area contributed by atoms with Gasteiger partial charge in [0.05, 0.1) is 11.5 Å². The lowest BCUT2D eigenvalue weighted by Gasteiger charge is -2.10. The molecule has 0 aliphatic carbocycles. The number of aromatic nitrogens is 2. The Bertz CT molecular complexity index is 962. The number of carbonyl (C=O) groups is 1. The van der Waals surface area contributed by atoms with Gasteiger partial charge in [-0.2, -0.15) is 0 Å². The quantitative estimate of drug-likeness (QED) is 0.767. The van der Waals surface area contributed by atoms with Crippen LogP contribution in [0, 0.1) is 0 Å². The maximum absolute atomic E-state index is 12.2. The van der Waals surface area contributed by atoms with E-state index in [1.807, 2.05) is 18.2 Å². The molecule has 3 heterocycles. The molecule has 0 saturated carbocycles. The summed E-state index contributed by atoms with van der Waals surface area (Å²) in [5.41, 5.74) is 1.14. The Kier molecular flexibility index (Phi) is 4.56. The Hall–Kier alpha value is -2.88.